The van der Waals surface area contributed by atoms with Crippen molar-refractivity contribution in [2.45, 2.75) is 18.8 Å². The molecule has 0 aliphatic carbocycles. The van der Waals surface area contributed by atoms with Crippen LogP contribution < -0.4 is 5.56 Å². The highest BCUT2D eigenvalue weighted by Crippen LogP contribution is 2.28. The van der Waals surface area contributed by atoms with Gasteiger partial charge in [-0.05, 0) is 30.5 Å². The van der Waals surface area contributed by atoms with Crippen molar-refractivity contribution in [3.63, 3.8) is 0 Å². The predicted molar refractivity (Wildman–Crippen MR) is 86.1 cm³/mol. The summed E-state index contributed by atoms with van der Waals surface area (Å²) in [6, 6.07) is 6.79. The lowest BCUT2D eigenvalue weighted by molar-refractivity contribution is 0.0687. The molecule has 2 heterocycles. The minimum atomic E-state index is -0.970. The number of aromatic carboxylic acids is 1. The van der Waals surface area contributed by atoms with Crippen LogP contribution >= 0.6 is 0 Å². The molecule has 7 heteroatoms. The standard InChI is InChI=1S/C17H17N3O4/c21-15-14(8-18-10-19-15)16(22)20-6-2-5-13(9-20)11-3-1-4-12(7-11)17(23)24/h1,3-4,7-8,10,13H,2,5-6,9H2,(H,23,24)(H,18,19,21). The molecule has 3 rings (SSSR count). The predicted octanol–water partition coefficient (Wildman–Crippen LogP) is 1.49. The van der Waals surface area contributed by atoms with Gasteiger partial charge in [0.25, 0.3) is 11.5 Å². The normalized spacial score (nSPS) is 17.5. The fraction of sp³-hybridized carbons (Fsp3) is 0.294. The van der Waals surface area contributed by atoms with E-state index in [4.69, 9.17) is 5.11 Å². The van der Waals surface area contributed by atoms with E-state index in [1.54, 1.807) is 23.1 Å². The summed E-state index contributed by atoms with van der Waals surface area (Å²) in [7, 11) is 0. The second-order valence-electron chi connectivity index (χ2n) is 5.82. The maximum absolute atomic E-state index is 12.5. The van der Waals surface area contributed by atoms with Crippen LogP contribution in [0.25, 0.3) is 0 Å². The number of aromatic nitrogens is 2. The monoisotopic (exact) mass is 327 g/mol. The van der Waals surface area contributed by atoms with Crippen LogP contribution in [0, 0.1) is 0 Å². The van der Waals surface area contributed by atoms with E-state index in [-0.39, 0.29) is 23.0 Å². The zero-order chi connectivity index (χ0) is 17.1. The molecule has 1 aliphatic rings. The van der Waals surface area contributed by atoms with Crippen LogP contribution in [0.15, 0.2) is 41.6 Å². The minimum absolute atomic E-state index is 0.0254. The fourth-order valence-corrected chi connectivity index (χ4v) is 3.03. The highest BCUT2D eigenvalue weighted by atomic mass is 16.4. The van der Waals surface area contributed by atoms with Crippen LogP contribution in [0.4, 0.5) is 0 Å². The van der Waals surface area contributed by atoms with Crippen LogP contribution in [0.3, 0.4) is 0 Å². The Labute approximate surface area is 138 Å². The maximum Gasteiger partial charge on any atom is 0.335 e. The van der Waals surface area contributed by atoms with Crippen molar-refractivity contribution in [2.24, 2.45) is 0 Å². The van der Waals surface area contributed by atoms with Crippen molar-refractivity contribution in [3.05, 3.63) is 63.8 Å². The summed E-state index contributed by atoms with van der Waals surface area (Å²) in [5.41, 5.74) is 0.703. The van der Waals surface area contributed by atoms with Gasteiger partial charge in [0.1, 0.15) is 5.56 Å². The number of aromatic amines is 1. The van der Waals surface area contributed by atoms with Crippen LogP contribution in [-0.4, -0.2) is 44.9 Å². The van der Waals surface area contributed by atoms with E-state index in [1.807, 2.05) is 6.07 Å². The van der Waals surface area contributed by atoms with Gasteiger partial charge in [-0.15, -0.1) is 0 Å². The Morgan fingerprint density at radius 3 is 2.92 bits per heavy atom. The first kappa shape index (κ1) is 15.9. The van der Waals surface area contributed by atoms with E-state index >= 15 is 0 Å². The molecule has 1 saturated heterocycles. The van der Waals surface area contributed by atoms with Crippen LogP contribution in [0.2, 0.25) is 0 Å². The van der Waals surface area contributed by atoms with E-state index in [1.165, 1.54) is 12.5 Å². The number of H-pyrrole nitrogens is 1. The third kappa shape index (κ3) is 3.19. The van der Waals surface area contributed by atoms with Gasteiger partial charge >= 0.3 is 5.97 Å². The zero-order valence-electron chi connectivity index (χ0n) is 12.9. The number of hydrogen-bond donors (Lipinski definition) is 2. The minimum Gasteiger partial charge on any atom is -0.478 e. The van der Waals surface area contributed by atoms with Crippen molar-refractivity contribution >= 4 is 11.9 Å². The Morgan fingerprint density at radius 1 is 1.33 bits per heavy atom. The smallest absolute Gasteiger partial charge is 0.335 e. The molecule has 0 radical (unpaired) electrons. The molecule has 124 valence electrons. The Morgan fingerprint density at radius 2 is 2.17 bits per heavy atom. The van der Waals surface area contributed by atoms with E-state index in [2.05, 4.69) is 9.97 Å². The lowest BCUT2D eigenvalue weighted by atomic mass is 9.89. The van der Waals surface area contributed by atoms with Gasteiger partial charge in [-0.1, -0.05) is 12.1 Å². The number of amides is 1. The lowest BCUT2D eigenvalue weighted by Gasteiger charge is -2.33. The summed E-state index contributed by atoms with van der Waals surface area (Å²) < 4.78 is 0. The summed E-state index contributed by atoms with van der Waals surface area (Å²) in [6.45, 7) is 1.03. The molecular formula is C17H17N3O4. The van der Waals surface area contributed by atoms with Gasteiger partial charge in [-0.25, -0.2) is 9.78 Å². The molecule has 7 nitrogen and oxygen atoms in total. The summed E-state index contributed by atoms with van der Waals surface area (Å²) in [6.07, 6.45) is 4.19. The lowest BCUT2D eigenvalue weighted by Crippen LogP contribution is -2.41. The SMILES string of the molecule is O=C(O)c1cccc(C2CCCN(C(=O)c3cnc[nH]c3=O)C2)c1. The number of rotatable bonds is 3. The van der Waals surface area contributed by atoms with E-state index in [9.17, 15) is 14.4 Å². The van der Waals surface area contributed by atoms with Crippen LogP contribution in [0.1, 0.15) is 45.0 Å². The van der Waals surface area contributed by atoms with E-state index in [0.717, 1.165) is 18.4 Å². The molecule has 1 aromatic carbocycles. The van der Waals surface area contributed by atoms with Crippen molar-refractivity contribution in [1.82, 2.24) is 14.9 Å². The highest BCUT2D eigenvalue weighted by molar-refractivity contribution is 5.93. The van der Waals surface area contributed by atoms with Gasteiger partial charge < -0.3 is 15.0 Å². The zero-order valence-corrected chi connectivity index (χ0v) is 12.9. The molecule has 24 heavy (non-hydrogen) atoms. The molecular weight excluding hydrogens is 310 g/mol. The van der Waals surface area contributed by atoms with Gasteiger partial charge in [0.15, 0.2) is 0 Å². The highest BCUT2D eigenvalue weighted by Gasteiger charge is 2.27. The molecule has 2 N–H and O–H groups in total. The van der Waals surface area contributed by atoms with Gasteiger partial charge in [-0.3, -0.25) is 9.59 Å². The average Bonchev–Trinajstić information content (AvgIpc) is 2.62. The second-order valence-corrected chi connectivity index (χ2v) is 5.82. The number of piperidine rings is 1. The summed E-state index contributed by atoms with van der Waals surface area (Å²) >= 11 is 0. The molecule has 1 aliphatic heterocycles. The molecule has 0 spiro atoms. The number of nitrogens with one attached hydrogen (secondary N) is 1. The molecule has 1 amide bonds. The number of carbonyl (C=O) groups excluding carboxylic acids is 1. The topological polar surface area (TPSA) is 103 Å². The van der Waals surface area contributed by atoms with Crippen molar-refractivity contribution in [2.75, 3.05) is 13.1 Å². The summed E-state index contributed by atoms with van der Waals surface area (Å²) in [5, 5.41) is 9.12. The molecule has 1 atom stereocenters. The summed E-state index contributed by atoms with van der Waals surface area (Å²) in [5.74, 6) is -1.26. The summed E-state index contributed by atoms with van der Waals surface area (Å²) in [4.78, 5) is 43.3. The largest absolute Gasteiger partial charge is 0.478 e. The molecule has 1 unspecified atom stereocenters. The molecule has 1 aromatic heterocycles. The number of nitrogens with zero attached hydrogens (tertiary/aromatic N) is 2. The average molecular weight is 327 g/mol. The van der Waals surface area contributed by atoms with Gasteiger partial charge in [0.2, 0.25) is 0 Å². The second kappa shape index (κ2) is 6.66. The van der Waals surface area contributed by atoms with Crippen molar-refractivity contribution in [3.8, 4) is 0 Å². The van der Waals surface area contributed by atoms with Gasteiger partial charge in [-0.2, -0.15) is 0 Å². The van der Waals surface area contributed by atoms with Crippen molar-refractivity contribution in [1.29, 1.82) is 0 Å². The van der Waals surface area contributed by atoms with Crippen LogP contribution in [0.5, 0.6) is 0 Å². The maximum atomic E-state index is 12.5. The number of hydrogen-bond acceptors (Lipinski definition) is 4. The first-order valence-electron chi connectivity index (χ1n) is 7.71. The number of carbonyl (C=O) groups is 2. The first-order valence-corrected chi connectivity index (χ1v) is 7.71. The molecule has 2 aromatic rings. The molecule has 0 bridgehead atoms. The molecule has 0 saturated carbocycles. The number of likely N-dealkylation sites (tertiary alicyclic amines) is 1. The number of benzene rings is 1. The van der Waals surface area contributed by atoms with E-state index < -0.39 is 11.5 Å². The third-order valence-electron chi connectivity index (χ3n) is 4.26. The number of carboxylic acids is 1. The Balaban J connectivity index is 1.81. The Hall–Kier alpha value is -2.96. The number of carboxylic acid groups (broad SMARTS) is 1. The Kier molecular flexibility index (Phi) is 4.41. The van der Waals surface area contributed by atoms with Crippen LogP contribution in [-0.2, 0) is 0 Å². The van der Waals surface area contributed by atoms with E-state index in [0.29, 0.717) is 13.1 Å². The quantitative estimate of drug-likeness (QED) is 0.889. The Bertz CT molecular complexity index is 830. The first-order chi connectivity index (χ1) is 11.6. The third-order valence-corrected chi connectivity index (χ3v) is 4.26. The van der Waals surface area contributed by atoms with Gasteiger partial charge in [0.05, 0.1) is 11.9 Å². The molecule has 1 fully saturated rings. The fourth-order valence-electron chi connectivity index (χ4n) is 3.03. The van der Waals surface area contributed by atoms with Crippen molar-refractivity contribution < 1.29 is 14.7 Å². The van der Waals surface area contributed by atoms with Gasteiger partial charge in [0, 0.05) is 25.2 Å².